The number of benzene rings is 2. The fourth-order valence-corrected chi connectivity index (χ4v) is 4.31. The number of carbonyl (C=O) groups is 3. The maximum atomic E-state index is 14.0. The molecule has 0 radical (unpaired) electrons. The van der Waals surface area contributed by atoms with Gasteiger partial charge in [0.15, 0.2) is 0 Å². The van der Waals surface area contributed by atoms with Crippen molar-refractivity contribution >= 4 is 47.8 Å². The number of nitrogens with zero attached hydrogens (tertiary/aromatic N) is 1. The number of ether oxygens (including phenoxy) is 1. The summed E-state index contributed by atoms with van der Waals surface area (Å²) < 4.78 is 5.35. The molecule has 0 aliphatic heterocycles. The minimum absolute atomic E-state index is 0.0104. The monoisotopic (exact) mass is 547 g/mol. The lowest BCUT2D eigenvalue weighted by molar-refractivity contribution is -0.146. The molecule has 0 bridgehead atoms. The number of aryl methyl sites for hydroxylation is 2. The second-order valence-corrected chi connectivity index (χ2v) is 11.8. The molecule has 0 fully saturated rings. The van der Waals surface area contributed by atoms with Crippen LogP contribution in [0.2, 0.25) is 5.02 Å². The molecule has 2 N–H and O–H groups in total. The summed E-state index contributed by atoms with van der Waals surface area (Å²) in [5, 5.41) is 5.94. The molecular weight excluding hydrogens is 510 g/mol. The van der Waals surface area contributed by atoms with Crippen molar-refractivity contribution in [2.45, 2.75) is 78.6 Å². The summed E-state index contributed by atoms with van der Waals surface area (Å²) in [5.74, 6) is -0.889. The van der Waals surface area contributed by atoms with Gasteiger partial charge in [-0.15, -0.1) is 0 Å². The first-order valence-corrected chi connectivity index (χ1v) is 13.1. The van der Waals surface area contributed by atoms with Crippen LogP contribution in [0.3, 0.4) is 0 Å². The van der Waals surface area contributed by atoms with E-state index < -0.39 is 41.1 Å². The molecule has 0 aliphatic rings. The Kier molecular flexibility index (Phi) is 10.1. The maximum Gasteiger partial charge on any atom is 0.408 e. The van der Waals surface area contributed by atoms with E-state index in [2.05, 4.69) is 23.3 Å². The fourth-order valence-electron chi connectivity index (χ4n) is 3.80. The van der Waals surface area contributed by atoms with Gasteiger partial charge >= 0.3 is 6.09 Å². The van der Waals surface area contributed by atoms with Crippen LogP contribution in [0.1, 0.15) is 64.3 Å². The fraction of sp³-hybridized carbons (Fsp3) is 0.464. The molecule has 9 heteroatoms. The number of halogens is 1. The van der Waals surface area contributed by atoms with Crippen molar-refractivity contribution in [3.63, 3.8) is 0 Å². The van der Waals surface area contributed by atoms with Gasteiger partial charge in [0.25, 0.3) is 5.91 Å². The molecule has 2 unspecified atom stereocenters. The smallest absolute Gasteiger partial charge is 0.408 e. The summed E-state index contributed by atoms with van der Waals surface area (Å²) >= 11 is 10.7. The van der Waals surface area contributed by atoms with Gasteiger partial charge in [-0.25, -0.2) is 4.79 Å². The van der Waals surface area contributed by atoms with Crippen molar-refractivity contribution in [3.05, 3.63) is 64.2 Å². The molecule has 0 aromatic heterocycles. The summed E-state index contributed by atoms with van der Waals surface area (Å²) in [5.41, 5.74) is 1.34. The Hall–Kier alpha value is -2.71. The molecule has 0 saturated heterocycles. The van der Waals surface area contributed by atoms with Crippen LogP contribution in [0.4, 0.5) is 10.5 Å². The number of alkyl carbamates (subject to hydrolysis) is 1. The van der Waals surface area contributed by atoms with E-state index >= 15 is 0 Å². The van der Waals surface area contributed by atoms with Crippen molar-refractivity contribution in [2.75, 3.05) is 11.1 Å². The van der Waals surface area contributed by atoms with Crippen molar-refractivity contribution in [1.29, 1.82) is 0 Å². The Labute approximate surface area is 230 Å². The quantitative estimate of drug-likeness (QED) is 0.366. The molecule has 0 saturated carbocycles. The highest BCUT2D eigenvalue weighted by molar-refractivity contribution is 7.80. The molecule has 0 heterocycles. The van der Waals surface area contributed by atoms with E-state index in [0.717, 1.165) is 11.1 Å². The minimum Gasteiger partial charge on any atom is -0.444 e. The van der Waals surface area contributed by atoms with Crippen LogP contribution >= 0.6 is 24.2 Å². The highest BCUT2D eigenvalue weighted by Crippen LogP contribution is 2.33. The summed E-state index contributed by atoms with van der Waals surface area (Å²) in [7, 11) is 0. The number of amides is 3. The first kappa shape index (κ1) is 30.5. The zero-order valence-corrected chi connectivity index (χ0v) is 24.5. The first-order valence-electron chi connectivity index (χ1n) is 12.1. The lowest BCUT2D eigenvalue weighted by Gasteiger charge is -2.43. The molecule has 3 amide bonds. The molecular formula is C28H38ClN3O4S. The molecule has 0 spiro atoms. The molecule has 7 nitrogen and oxygen atoms in total. The summed E-state index contributed by atoms with van der Waals surface area (Å²) in [4.78, 5) is 41.9. The zero-order valence-electron chi connectivity index (χ0n) is 22.8. The van der Waals surface area contributed by atoms with Crippen molar-refractivity contribution in [3.8, 4) is 0 Å². The number of hydrogen-bond donors (Lipinski definition) is 3. The Morgan fingerprint density at radius 2 is 1.59 bits per heavy atom. The van der Waals surface area contributed by atoms with E-state index in [-0.39, 0.29) is 5.75 Å². The van der Waals surface area contributed by atoms with Crippen LogP contribution in [-0.2, 0) is 14.3 Å². The number of thiol groups is 1. The van der Waals surface area contributed by atoms with Gasteiger partial charge in [0, 0.05) is 11.3 Å². The van der Waals surface area contributed by atoms with Crippen LogP contribution in [-0.4, -0.2) is 45.7 Å². The van der Waals surface area contributed by atoms with E-state index in [1.54, 1.807) is 32.9 Å². The van der Waals surface area contributed by atoms with Crippen molar-refractivity contribution in [2.24, 2.45) is 0 Å². The van der Waals surface area contributed by atoms with Crippen LogP contribution < -0.4 is 10.6 Å². The molecule has 37 heavy (non-hydrogen) atoms. The summed E-state index contributed by atoms with van der Waals surface area (Å²) in [6.45, 7) is 14.5. The lowest BCUT2D eigenvalue weighted by atomic mass is 9.95. The van der Waals surface area contributed by atoms with E-state index in [4.69, 9.17) is 16.3 Å². The Morgan fingerprint density at radius 1 is 1.00 bits per heavy atom. The van der Waals surface area contributed by atoms with Crippen LogP contribution in [0.5, 0.6) is 0 Å². The molecule has 202 valence electrons. The number of para-hydroxylation sites is 1. The number of anilines is 1. The zero-order chi connectivity index (χ0) is 28.1. The molecule has 0 aliphatic carbocycles. The predicted molar refractivity (Wildman–Crippen MR) is 152 cm³/mol. The van der Waals surface area contributed by atoms with Gasteiger partial charge in [-0.2, -0.15) is 12.6 Å². The van der Waals surface area contributed by atoms with Gasteiger partial charge in [0.2, 0.25) is 5.91 Å². The second-order valence-electron chi connectivity index (χ2n) is 11.0. The largest absolute Gasteiger partial charge is 0.444 e. The number of carbonyl (C=O) groups excluding carboxylic acids is 3. The van der Waals surface area contributed by atoms with Crippen LogP contribution in [0, 0.1) is 13.8 Å². The molecule has 2 aromatic rings. The average molecular weight is 548 g/mol. The molecule has 2 aromatic carbocycles. The van der Waals surface area contributed by atoms with E-state index in [9.17, 15) is 14.4 Å². The molecule has 2 rings (SSSR count). The first-order chi connectivity index (χ1) is 17.0. The third-order valence-electron chi connectivity index (χ3n) is 5.50. The lowest BCUT2D eigenvalue weighted by Crippen LogP contribution is -2.58. The Morgan fingerprint density at radius 3 is 2.08 bits per heavy atom. The number of hydrogen-bond acceptors (Lipinski definition) is 5. The third kappa shape index (κ3) is 8.40. The SMILES string of the molecule is Cc1ccc(C(C(=O)Nc2c(C)cccc2Cl)N(C(=O)C(CS)NC(=O)OC(C)(C)C)C(C)(C)C)cc1. The van der Waals surface area contributed by atoms with Crippen LogP contribution in [0.25, 0.3) is 0 Å². The minimum atomic E-state index is -1.03. The van der Waals surface area contributed by atoms with Crippen LogP contribution in [0.15, 0.2) is 42.5 Å². The maximum absolute atomic E-state index is 14.0. The highest BCUT2D eigenvalue weighted by atomic mass is 35.5. The van der Waals surface area contributed by atoms with E-state index in [0.29, 0.717) is 16.3 Å². The third-order valence-corrected chi connectivity index (χ3v) is 6.18. The average Bonchev–Trinajstić information content (AvgIpc) is 2.76. The Balaban J connectivity index is 2.56. The van der Waals surface area contributed by atoms with Gasteiger partial charge in [-0.05, 0) is 72.6 Å². The van der Waals surface area contributed by atoms with Gasteiger partial charge in [0.1, 0.15) is 17.7 Å². The predicted octanol–water partition coefficient (Wildman–Crippen LogP) is 6.09. The van der Waals surface area contributed by atoms with E-state index in [1.165, 1.54) is 4.90 Å². The second kappa shape index (κ2) is 12.2. The van der Waals surface area contributed by atoms with Crippen molar-refractivity contribution in [1.82, 2.24) is 10.2 Å². The number of rotatable bonds is 7. The van der Waals surface area contributed by atoms with Gasteiger partial charge in [-0.3, -0.25) is 9.59 Å². The van der Waals surface area contributed by atoms with Gasteiger partial charge in [0.05, 0.1) is 10.7 Å². The van der Waals surface area contributed by atoms with Gasteiger partial charge in [-0.1, -0.05) is 53.6 Å². The number of nitrogens with one attached hydrogen (secondary N) is 2. The standard InChI is InChI=1S/C28H38ClN3O4S/c1-17-12-14-19(15-13-17)23(24(33)31-22-18(2)10-9-11-20(22)29)32(27(3,4)5)25(34)21(16-37)30-26(35)36-28(6,7)8/h9-15,21,23,37H,16H2,1-8H3,(H,30,35)(H,31,33). The Bertz CT molecular complexity index is 1100. The van der Waals surface area contributed by atoms with Gasteiger partial charge < -0.3 is 20.3 Å². The normalized spacial score (nSPS) is 13.4. The topological polar surface area (TPSA) is 87.7 Å². The summed E-state index contributed by atoms with van der Waals surface area (Å²) in [6.07, 6.45) is -0.739. The molecule has 2 atom stereocenters. The van der Waals surface area contributed by atoms with Crippen molar-refractivity contribution < 1.29 is 19.1 Å². The highest BCUT2D eigenvalue weighted by Gasteiger charge is 2.41. The summed E-state index contributed by atoms with van der Waals surface area (Å²) in [6, 6.07) is 10.7. The van der Waals surface area contributed by atoms with E-state index in [1.807, 2.05) is 65.0 Å².